The molecule has 4 heteroatoms. The van der Waals surface area contributed by atoms with E-state index in [2.05, 4.69) is 5.32 Å². The summed E-state index contributed by atoms with van der Waals surface area (Å²) in [6.45, 7) is 1.66. The van der Waals surface area contributed by atoms with Crippen molar-refractivity contribution in [2.24, 2.45) is 17.1 Å². The molecule has 0 atom stereocenters. The lowest BCUT2D eigenvalue weighted by Gasteiger charge is -2.43. The Bertz CT molecular complexity index is 303. The van der Waals surface area contributed by atoms with Crippen LogP contribution in [0, 0.1) is 11.3 Å². The number of carbonyl (C=O) groups excluding carboxylic acids is 2. The van der Waals surface area contributed by atoms with Gasteiger partial charge in [-0.2, -0.15) is 0 Å². The minimum atomic E-state index is -0.738. The van der Waals surface area contributed by atoms with E-state index >= 15 is 0 Å². The Balaban J connectivity index is 2.21. The second kappa shape index (κ2) is 5.17. The average molecular weight is 238 g/mol. The summed E-state index contributed by atoms with van der Waals surface area (Å²) in [5.41, 5.74) is 4.80. The highest BCUT2D eigenvalue weighted by Crippen LogP contribution is 2.45. The Labute approximate surface area is 102 Å². The van der Waals surface area contributed by atoms with Gasteiger partial charge in [0.05, 0.1) is 0 Å². The zero-order valence-electron chi connectivity index (χ0n) is 10.3. The number of hydrogen-bond donors (Lipinski definition) is 2. The van der Waals surface area contributed by atoms with Crippen LogP contribution in [-0.4, -0.2) is 24.8 Å². The molecule has 0 unspecified atom stereocenters. The average Bonchev–Trinajstić information content (AvgIpc) is 2.39. The molecule has 1 aliphatic carbocycles. The molecular weight excluding hydrogens is 216 g/mol. The molecule has 1 amide bonds. The fourth-order valence-corrected chi connectivity index (χ4v) is 3.59. The third kappa shape index (κ3) is 2.37. The van der Waals surface area contributed by atoms with Crippen molar-refractivity contribution < 1.29 is 9.59 Å². The van der Waals surface area contributed by atoms with Gasteiger partial charge >= 0.3 is 0 Å². The Hall–Kier alpha value is -0.900. The molecule has 17 heavy (non-hydrogen) atoms. The van der Waals surface area contributed by atoms with Crippen molar-refractivity contribution in [2.45, 2.75) is 44.9 Å². The van der Waals surface area contributed by atoms with Crippen LogP contribution in [0.4, 0.5) is 0 Å². The van der Waals surface area contributed by atoms with E-state index in [4.69, 9.17) is 5.73 Å². The van der Waals surface area contributed by atoms with Gasteiger partial charge in [-0.1, -0.05) is 19.3 Å². The summed E-state index contributed by atoms with van der Waals surface area (Å²) in [6.07, 6.45) is 7.35. The largest absolute Gasteiger partial charge is 0.363 e. The van der Waals surface area contributed by atoms with E-state index in [-0.39, 0.29) is 5.78 Å². The maximum absolute atomic E-state index is 12.2. The Morgan fingerprint density at radius 3 is 2.18 bits per heavy atom. The van der Waals surface area contributed by atoms with Crippen LogP contribution < -0.4 is 11.1 Å². The molecule has 0 aromatic heterocycles. The van der Waals surface area contributed by atoms with Gasteiger partial charge in [0.25, 0.3) is 5.91 Å². The van der Waals surface area contributed by atoms with Gasteiger partial charge in [-0.15, -0.1) is 0 Å². The van der Waals surface area contributed by atoms with Gasteiger partial charge in [-0.3, -0.25) is 9.59 Å². The number of nitrogens with one attached hydrogen (secondary N) is 1. The van der Waals surface area contributed by atoms with Crippen molar-refractivity contribution in [3.63, 3.8) is 0 Å². The van der Waals surface area contributed by atoms with Crippen LogP contribution in [0.1, 0.15) is 44.9 Å². The highest BCUT2D eigenvalue weighted by atomic mass is 16.2. The smallest absolute Gasteiger partial charge is 0.285 e. The number of hydrogen-bond acceptors (Lipinski definition) is 3. The van der Waals surface area contributed by atoms with E-state index in [1.54, 1.807) is 0 Å². The van der Waals surface area contributed by atoms with Gasteiger partial charge in [-0.05, 0) is 44.7 Å². The first kappa shape index (κ1) is 12.6. The normalized spacial score (nSPS) is 25.4. The maximum atomic E-state index is 12.2. The molecule has 0 spiro atoms. The van der Waals surface area contributed by atoms with Gasteiger partial charge < -0.3 is 11.1 Å². The van der Waals surface area contributed by atoms with Crippen molar-refractivity contribution in [3.05, 3.63) is 0 Å². The highest BCUT2D eigenvalue weighted by Gasteiger charge is 2.47. The summed E-state index contributed by atoms with van der Waals surface area (Å²) in [6, 6.07) is 0. The summed E-state index contributed by atoms with van der Waals surface area (Å²) < 4.78 is 0. The summed E-state index contributed by atoms with van der Waals surface area (Å²) in [4.78, 5) is 23.5. The molecule has 1 saturated heterocycles. The molecule has 2 rings (SSSR count). The first-order valence-electron chi connectivity index (χ1n) is 6.72. The number of nitrogens with two attached hydrogens (primary N) is 1. The van der Waals surface area contributed by atoms with Gasteiger partial charge in [0.15, 0.2) is 0 Å². The molecule has 2 aliphatic rings. The number of ketones is 1. The van der Waals surface area contributed by atoms with Crippen LogP contribution in [0.15, 0.2) is 0 Å². The number of rotatable bonds is 3. The van der Waals surface area contributed by atoms with Crippen LogP contribution >= 0.6 is 0 Å². The lowest BCUT2D eigenvalue weighted by molar-refractivity contribution is -0.146. The summed E-state index contributed by atoms with van der Waals surface area (Å²) in [5.74, 6) is -0.679. The predicted octanol–water partition coefficient (Wildman–Crippen LogP) is 0.991. The van der Waals surface area contributed by atoms with Crippen LogP contribution in [0.5, 0.6) is 0 Å². The molecule has 0 bridgehead atoms. The van der Waals surface area contributed by atoms with Crippen molar-refractivity contribution in [1.82, 2.24) is 5.32 Å². The summed E-state index contributed by atoms with van der Waals surface area (Å²) in [7, 11) is 0. The standard InChI is InChI=1S/C13H22N2O2/c14-12(17)11(16)13(6-8-15-9-7-13)10-4-2-1-3-5-10/h10,15H,1-9H2,(H2,14,17). The van der Waals surface area contributed by atoms with E-state index in [0.29, 0.717) is 5.92 Å². The molecule has 0 aromatic rings. The Morgan fingerprint density at radius 1 is 1.06 bits per heavy atom. The van der Waals surface area contributed by atoms with Crippen LogP contribution in [0.3, 0.4) is 0 Å². The third-order valence-electron chi connectivity index (χ3n) is 4.56. The fraction of sp³-hybridized carbons (Fsp3) is 0.846. The summed E-state index contributed by atoms with van der Waals surface area (Å²) >= 11 is 0. The van der Waals surface area contributed by atoms with E-state index in [1.165, 1.54) is 19.3 Å². The second-order valence-electron chi connectivity index (χ2n) is 5.43. The zero-order chi connectivity index (χ0) is 12.3. The molecule has 1 heterocycles. The Kier molecular flexibility index (Phi) is 3.82. The van der Waals surface area contributed by atoms with E-state index in [9.17, 15) is 9.59 Å². The molecule has 4 nitrogen and oxygen atoms in total. The third-order valence-corrected chi connectivity index (χ3v) is 4.56. The molecular formula is C13H22N2O2. The van der Waals surface area contributed by atoms with Crippen LogP contribution in [0.2, 0.25) is 0 Å². The molecule has 96 valence electrons. The minimum absolute atomic E-state index is 0.314. The number of piperidine rings is 1. The van der Waals surface area contributed by atoms with Gasteiger partial charge in [0.1, 0.15) is 0 Å². The number of carbonyl (C=O) groups is 2. The number of Topliss-reactive ketones (excluding diaryl/α,β-unsaturated/α-hetero) is 1. The van der Waals surface area contributed by atoms with E-state index < -0.39 is 11.3 Å². The van der Waals surface area contributed by atoms with Crippen molar-refractivity contribution in [2.75, 3.05) is 13.1 Å². The first-order valence-corrected chi connectivity index (χ1v) is 6.72. The monoisotopic (exact) mass is 238 g/mol. The molecule has 3 N–H and O–H groups in total. The maximum Gasteiger partial charge on any atom is 0.285 e. The topological polar surface area (TPSA) is 72.2 Å². The van der Waals surface area contributed by atoms with E-state index in [0.717, 1.165) is 38.8 Å². The summed E-state index contributed by atoms with van der Waals surface area (Å²) in [5, 5.41) is 3.27. The van der Waals surface area contributed by atoms with E-state index in [1.807, 2.05) is 0 Å². The van der Waals surface area contributed by atoms with Crippen molar-refractivity contribution in [3.8, 4) is 0 Å². The minimum Gasteiger partial charge on any atom is -0.363 e. The van der Waals surface area contributed by atoms with Crippen LogP contribution in [0.25, 0.3) is 0 Å². The van der Waals surface area contributed by atoms with Crippen molar-refractivity contribution >= 4 is 11.7 Å². The first-order chi connectivity index (χ1) is 8.17. The Morgan fingerprint density at radius 2 is 1.65 bits per heavy atom. The quantitative estimate of drug-likeness (QED) is 0.720. The molecule has 0 aromatic carbocycles. The predicted molar refractivity (Wildman–Crippen MR) is 65.3 cm³/mol. The van der Waals surface area contributed by atoms with Gasteiger partial charge in [-0.25, -0.2) is 0 Å². The molecule has 1 aliphatic heterocycles. The fourth-order valence-electron chi connectivity index (χ4n) is 3.59. The number of primary amides is 1. The molecule has 2 fully saturated rings. The zero-order valence-corrected chi connectivity index (χ0v) is 10.3. The lowest BCUT2D eigenvalue weighted by atomic mass is 9.61. The highest BCUT2D eigenvalue weighted by molar-refractivity contribution is 6.37. The SMILES string of the molecule is NC(=O)C(=O)C1(C2CCCCC2)CCNCC1. The van der Waals surface area contributed by atoms with Gasteiger partial charge in [0, 0.05) is 5.41 Å². The lowest BCUT2D eigenvalue weighted by Crippen LogP contribution is -2.51. The van der Waals surface area contributed by atoms with Crippen molar-refractivity contribution in [1.29, 1.82) is 0 Å². The second-order valence-corrected chi connectivity index (χ2v) is 5.43. The molecule has 1 saturated carbocycles. The number of amides is 1. The van der Waals surface area contributed by atoms with Gasteiger partial charge in [0.2, 0.25) is 5.78 Å². The molecule has 0 radical (unpaired) electrons. The van der Waals surface area contributed by atoms with Crippen LogP contribution in [-0.2, 0) is 9.59 Å².